The van der Waals surface area contributed by atoms with Gasteiger partial charge in [0.1, 0.15) is 17.2 Å². The molecule has 8 nitrogen and oxygen atoms in total. The van der Waals surface area contributed by atoms with Crippen molar-refractivity contribution in [1.29, 1.82) is 0 Å². The van der Waals surface area contributed by atoms with E-state index in [1.54, 1.807) is 39.3 Å². The number of ether oxygens (including phenoxy) is 2. The molecule has 8 heteroatoms. The normalized spacial score (nSPS) is 22.9. The van der Waals surface area contributed by atoms with Crippen LogP contribution in [0.3, 0.4) is 0 Å². The molecule has 1 N–H and O–H groups in total. The maximum Gasteiger partial charge on any atom is 0.238 e. The van der Waals surface area contributed by atoms with Gasteiger partial charge in [-0.2, -0.15) is 0 Å². The molecule has 4 aromatic rings. The number of phenols is 1. The Morgan fingerprint density at radius 2 is 1.59 bits per heavy atom. The van der Waals surface area contributed by atoms with Gasteiger partial charge in [-0.05, 0) is 84.7 Å². The first kappa shape index (κ1) is 32.2. The number of carbonyl (C=O) groups excluding carboxylic acids is 4. The van der Waals surface area contributed by atoms with Crippen molar-refractivity contribution in [3.05, 3.63) is 130 Å². The summed E-state index contributed by atoms with van der Waals surface area (Å²) in [4.78, 5) is 57.2. The quantitative estimate of drug-likeness (QED) is 0.0983. The number of aromatic hydroxyl groups is 1. The molecule has 4 aromatic carbocycles. The second-order valence-electron chi connectivity index (χ2n) is 13.5. The van der Waals surface area contributed by atoms with Crippen LogP contribution in [0.5, 0.6) is 17.2 Å². The van der Waals surface area contributed by atoms with E-state index in [2.05, 4.69) is 0 Å². The number of allylic oxidation sites excluding steroid dienone is 6. The zero-order chi connectivity index (χ0) is 35.6. The summed E-state index contributed by atoms with van der Waals surface area (Å²) in [5, 5.41) is 12.1. The number of fused-ring (bicyclic) bond motifs is 4. The fourth-order valence-corrected chi connectivity index (χ4v) is 8.42. The molecule has 2 amide bonds. The molecule has 0 unspecified atom stereocenters. The van der Waals surface area contributed by atoms with Crippen LogP contribution in [0.2, 0.25) is 0 Å². The van der Waals surface area contributed by atoms with Crippen LogP contribution in [0.1, 0.15) is 42.4 Å². The predicted octanol–water partition coefficient (Wildman–Crippen LogP) is 7.37. The first-order chi connectivity index (χ1) is 24.7. The van der Waals surface area contributed by atoms with E-state index in [0.29, 0.717) is 45.7 Å². The Balaban J connectivity index is 1.14. The number of nitrogens with zero attached hydrogens (tertiary/aromatic N) is 1. The van der Waals surface area contributed by atoms with E-state index in [9.17, 15) is 24.3 Å². The summed E-state index contributed by atoms with van der Waals surface area (Å²) in [6, 6.07) is 23.7. The molecule has 51 heavy (non-hydrogen) atoms. The highest BCUT2D eigenvalue weighted by Crippen LogP contribution is 2.56. The van der Waals surface area contributed by atoms with Crippen molar-refractivity contribution in [2.75, 3.05) is 19.1 Å². The Hall–Kier alpha value is -6.02. The minimum Gasteiger partial charge on any atom is -0.507 e. The lowest BCUT2D eigenvalue weighted by Crippen LogP contribution is -2.39. The number of amides is 2. The molecule has 0 aromatic heterocycles. The standard InChI is InChI=1S/C43H35NO7/c1-23-20-36(46)34-22-33-31(38(40(34)41(23)47)30-17-18-35(45)29-7-5-4-6-28(29)30)15-16-32-39(33)43(49)44(42(32)48)26-12-9-24(10-13-26)8-11-25-21-27(50-2)14-19-37(25)51-3/h4-15,17-21,32-33,38-39,45H,16,22H2,1-3H3/t32-,33+,38-,39-/m0/s1. The number of rotatable bonds is 6. The van der Waals surface area contributed by atoms with Crippen molar-refractivity contribution < 1.29 is 33.8 Å². The minimum atomic E-state index is -0.688. The number of phenolic OH excluding ortho intramolecular Hbond substituents is 1. The molecule has 1 fully saturated rings. The highest BCUT2D eigenvalue weighted by Gasteiger charge is 2.56. The molecular formula is C43H35NO7. The van der Waals surface area contributed by atoms with E-state index in [0.717, 1.165) is 27.6 Å². The minimum absolute atomic E-state index is 0.115. The zero-order valence-electron chi connectivity index (χ0n) is 28.4. The number of benzene rings is 4. The van der Waals surface area contributed by atoms with Gasteiger partial charge in [-0.15, -0.1) is 0 Å². The SMILES string of the molecule is COc1ccc(OC)c(C=Cc2ccc(N3C(=O)[C@H]4[C@H](CC=C5[C@H](c6ccc(O)c7ccccc67)C6=C(C[C@H]54)C(=O)C=C(C)C6=O)C3=O)cc2)c1. The van der Waals surface area contributed by atoms with Gasteiger partial charge in [-0.3, -0.25) is 24.1 Å². The third kappa shape index (κ3) is 5.12. The summed E-state index contributed by atoms with van der Waals surface area (Å²) in [7, 11) is 3.21. The van der Waals surface area contributed by atoms with Crippen molar-refractivity contribution in [1.82, 2.24) is 0 Å². The van der Waals surface area contributed by atoms with Gasteiger partial charge in [-0.25, -0.2) is 0 Å². The number of hydrogen-bond acceptors (Lipinski definition) is 7. The van der Waals surface area contributed by atoms with Crippen molar-refractivity contribution in [2.45, 2.75) is 25.7 Å². The van der Waals surface area contributed by atoms with E-state index >= 15 is 0 Å². The van der Waals surface area contributed by atoms with Gasteiger partial charge in [0.05, 0.1) is 31.7 Å². The number of carbonyl (C=O) groups is 4. The van der Waals surface area contributed by atoms with Gasteiger partial charge in [-0.1, -0.05) is 66.3 Å². The lowest BCUT2D eigenvalue weighted by atomic mass is 9.59. The van der Waals surface area contributed by atoms with E-state index in [1.165, 1.54) is 11.0 Å². The summed E-state index contributed by atoms with van der Waals surface area (Å²) in [5.41, 5.74) is 5.05. The largest absolute Gasteiger partial charge is 0.507 e. The van der Waals surface area contributed by atoms with E-state index in [-0.39, 0.29) is 35.6 Å². The van der Waals surface area contributed by atoms with E-state index < -0.39 is 23.7 Å². The monoisotopic (exact) mass is 677 g/mol. The Morgan fingerprint density at radius 3 is 2.33 bits per heavy atom. The second-order valence-corrected chi connectivity index (χ2v) is 13.5. The van der Waals surface area contributed by atoms with Gasteiger partial charge < -0.3 is 14.6 Å². The van der Waals surface area contributed by atoms with Crippen molar-refractivity contribution >= 4 is 52.0 Å². The zero-order valence-corrected chi connectivity index (χ0v) is 28.4. The fourth-order valence-electron chi connectivity index (χ4n) is 8.42. The van der Waals surface area contributed by atoms with Gasteiger partial charge in [0.15, 0.2) is 11.6 Å². The molecule has 254 valence electrons. The van der Waals surface area contributed by atoms with Crippen molar-refractivity contribution in [3.63, 3.8) is 0 Å². The van der Waals surface area contributed by atoms with Gasteiger partial charge in [0.2, 0.25) is 11.8 Å². The summed E-state index contributed by atoms with van der Waals surface area (Å²) in [6.45, 7) is 1.65. The first-order valence-corrected chi connectivity index (χ1v) is 17.0. The van der Waals surface area contributed by atoms with Crippen molar-refractivity contribution in [3.8, 4) is 17.2 Å². The van der Waals surface area contributed by atoms with E-state index in [4.69, 9.17) is 9.47 Å². The smallest absolute Gasteiger partial charge is 0.238 e. The maximum atomic E-state index is 14.4. The first-order valence-electron chi connectivity index (χ1n) is 17.0. The Bertz CT molecular complexity index is 2310. The number of ketones is 2. The molecule has 1 aliphatic heterocycles. The molecule has 4 aliphatic rings. The van der Waals surface area contributed by atoms with Crippen molar-refractivity contribution in [2.24, 2.45) is 17.8 Å². The van der Waals surface area contributed by atoms with Crippen LogP contribution < -0.4 is 14.4 Å². The van der Waals surface area contributed by atoms with Gasteiger partial charge in [0, 0.05) is 33.6 Å². The predicted molar refractivity (Wildman–Crippen MR) is 194 cm³/mol. The Morgan fingerprint density at radius 1 is 0.824 bits per heavy atom. The van der Waals surface area contributed by atoms with Gasteiger partial charge in [0.25, 0.3) is 0 Å². The molecule has 0 spiro atoms. The van der Waals surface area contributed by atoms with Crippen LogP contribution in [0.25, 0.3) is 22.9 Å². The average molecular weight is 678 g/mol. The molecule has 0 bridgehead atoms. The highest BCUT2D eigenvalue weighted by atomic mass is 16.5. The Kier molecular flexibility index (Phi) is 7.82. The lowest BCUT2D eigenvalue weighted by Gasteiger charge is -2.42. The second kappa shape index (κ2) is 12.4. The van der Waals surface area contributed by atoms with Crippen LogP contribution in [-0.4, -0.2) is 42.7 Å². The lowest BCUT2D eigenvalue weighted by molar-refractivity contribution is -0.123. The van der Waals surface area contributed by atoms with Crippen LogP contribution in [0, 0.1) is 17.8 Å². The highest BCUT2D eigenvalue weighted by molar-refractivity contribution is 6.25. The van der Waals surface area contributed by atoms with Crippen LogP contribution >= 0.6 is 0 Å². The number of anilines is 1. The van der Waals surface area contributed by atoms with Crippen LogP contribution in [0.4, 0.5) is 5.69 Å². The molecular weight excluding hydrogens is 642 g/mol. The molecule has 8 rings (SSSR count). The summed E-state index contributed by atoms with van der Waals surface area (Å²) < 4.78 is 10.8. The number of Topliss-reactive ketones (excluding diaryl/α,β-unsaturated/α-hetero) is 1. The van der Waals surface area contributed by atoms with E-state index in [1.807, 2.05) is 78.9 Å². The molecule has 4 atom stereocenters. The van der Waals surface area contributed by atoms with Gasteiger partial charge >= 0.3 is 0 Å². The summed E-state index contributed by atoms with van der Waals surface area (Å²) >= 11 is 0. The van der Waals surface area contributed by atoms with Crippen LogP contribution in [-0.2, 0) is 19.2 Å². The molecule has 0 radical (unpaired) electrons. The third-order valence-electron chi connectivity index (χ3n) is 10.9. The third-order valence-corrected chi connectivity index (χ3v) is 10.9. The molecule has 0 saturated carbocycles. The maximum absolute atomic E-state index is 14.4. The average Bonchev–Trinajstić information content (AvgIpc) is 3.41. The fraction of sp³-hybridized carbons (Fsp3) is 0.209. The molecule has 1 heterocycles. The van der Waals surface area contributed by atoms with Crippen LogP contribution in [0.15, 0.2) is 113 Å². The Labute approximate surface area is 295 Å². The number of methoxy groups -OCH3 is 2. The molecule has 1 saturated heterocycles. The summed E-state index contributed by atoms with van der Waals surface area (Å²) in [6.07, 6.45) is 7.78. The number of imide groups is 1. The topological polar surface area (TPSA) is 110 Å². The molecule has 3 aliphatic carbocycles. The summed E-state index contributed by atoms with van der Waals surface area (Å²) in [5.74, 6) is -1.80. The number of hydrogen-bond donors (Lipinski definition) is 1.